The number of carbonyl (C=O) groups is 2. The van der Waals surface area contributed by atoms with E-state index in [-0.39, 0.29) is 6.03 Å². The van der Waals surface area contributed by atoms with Gasteiger partial charge in [0.2, 0.25) is 0 Å². The number of rotatable bonds is 5. The molecule has 0 bridgehead atoms. The highest BCUT2D eigenvalue weighted by molar-refractivity contribution is 5.82. The predicted octanol–water partition coefficient (Wildman–Crippen LogP) is 2.07. The number of aliphatic carboxylic acids is 1. The zero-order chi connectivity index (χ0) is 13.8. The molecule has 3 unspecified atom stereocenters. The van der Waals surface area contributed by atoms with Gasteiger partial charge >= 0.3 is 12.0 Å². The summed E-state index contributed by atoms with van der Waals surface area (Å²) in [6.45, 7) is 3.62. The molecule has 1 aliphatic heterocycles. The first-order chi connectivity index (χ1) is 9.11. The van der Waals surface area contributed by atoms with Crippen molar-refractivity contribution in [3.63, 3.8) is 0 Å². The standard InChI is InChI=1S/C14H24N2O3/c1-2-3-7-12(13(17)18)15-14(19)16-8-10-5-4-6-11(10)9-16/h10-12H,2-9H2,1H3,(H,15,19)(H,17,18). The zero-order valence-electron chi connectivity index (χ0n) is 11.6. The molecule has 5 nitrogen and oxygen atoms in total. The number of carboxylic acids is 1. The normalized spacial score (nSPS) is 27.1. The number of hydrogen-bond acceptors (Lipinski definition) is 2. The Balaban J connectivity index is 1.84. The van der Waals surface area contributed by atoms with E-state index in [1.165, 1.54) is 19.3 Å². The molecule has 2 amide bonds. The first-order valence-electron chi connectivity index (χ1n) is 7.40. The average molecular weight is 268 g/mol. The lowest BCUT2D eigenvalue weighted by Gasteiger charge is -2.21. The maximum atomic E-state index is 12.1. The Hall–Kier alpha value is -1.26. The molecule has 2 N–H and O–H groups in total. The topological polar surface area (TPSA) is 69.6 Å². The van der Waals surface area contributed by atoms with Crippen LogP contribution in [0.1, 0.15) is 45.4 Å². The lowest BCUT2D eigenvalue weighted by molar-refractivity contribution is -0.139. The minimum Gasteiger partial charge on any atom is -0.480 e. The maximum Gasteiger partial charge on any atom is 0.326 e. The first-order valence-corrected chi connectivity index (χ1v) is 7.40. The van der Waals surface area contributed by atoms with Crippen molar-refractivity contribution in [1.82, 2.24) is 10.2 Å². The zero-order valence-corrected chi connectivity index (χ0v) is 11.6. The fourth-order valence-electron chi connectivity index (χ4n) is 3.31. The molecule has 0 radical (unpaired) electrons. The molecule has 1 aliphatic carbocycles. The second-order valence-corrected chi connectivity index (χ2v) is 5.84. The molecule has 2 fully saturated rings. The number of amides is 2. The Kier molecular flexibility index (Phi) is 4.66. The molecule has 1 heterocycles. The number of nitrogens with zero attached hydrogens (tertiary/aromatic N) is 1. The highest BCUT2D eigenvalue weighted by Crippen LogP contribution is 2.37. The van der Waals surface area contributed by atoms with Crippen LogP contribution in [-0.2, 0) is 4.79 Å². The number of hydrogen-bond donors (Lipinski definition) is 2. The summed E-state index contributed by atoms with van der Waals surface area (Å²) in [7, 11) is 0. The van der Waals surface area contributed by atoms with Crippen LogP contribution in [0.2, 0.25) is 0 Å². The molecule has 2 aliphatic rings. The molecule has 0 aromatic heterocycles. The molecule has 0 aromatic carbocycles. The second kappa shape index (κ2) is 6.26. The highest BCUT2D eigenvalue weighted by atomic mass is 16.4. The summed E-state index contributed by atoms with van der Waals surface area (Å²) >= 11 is 0. The van der Waals surface area contributed by atoms with E-state index in [4.69, 9.17) is 5.11 Å². The Morgan fingerprint density at radius 2 is 1.95 bits per heavy atom. The summed E-state index contributed by atoms with van der Waals surface area (Å²) in [5.41, 5.74) is 0. The predicted molar refractivity (Wildman–Crippen MR) is 71.9 cm³/mol. The fourth-order valence-corrected chi connectivity index (χ4v) is 3.31. The van der Waals surface area contributed by atoms with Gasteiger partial charge in [0.25, 0.3) is 0 Å². The molecule has 3 atom stereocenters. The first kappa shape index (κ1) is 14.2. The van der Waals surface area contributed by atoms with Gasteiger partial charge in [0.1, 0.15) is 6.04 Å². The van der Waals surface area contributed by atoms with E-state index >= 15 is 0 Å². The highest BCUT2D eigenvalue weighted by Gasteiger charge is 2.38. The summed E-state index contributed by atoms with van der Waals surface area (Å²) in [5.74, 6) is 0.357. The lowest BCUT2D eigenvalue weighted by Crippen LogP contribution is -2.47. The Morgan fingerprint density at radius 3 is 2.47 bits per heavy atom. The van der Waals surface area contributed by atoms with Gasteiger partial charge in [-0.05, 0) is 31.1 Å². The third kappa shape index (κ3) is 3.39. The molecule has 5 heteroatoms. The minimum atomic E-state index is -0.929. The molecule has 0 spiro atoms. The van der Waals surface area contributed by atoms with Crippen LogP contribution in [0.25, 0.3) is 0 Å². The Labute approximate surface area is 114 Å². The summed E-state index contributed by atoms with van der Waals surface area (Å²) in [6, 6.07) is -0.939. The number of urea groups is 1. The van der Waals surface area contributed by atoms with Crippen LogP contribution in [0.15, 0.2) is 0 Å². The molecule has 1 saturated carbocycles. The Bertz CT molecular complexity index is 334. The number of nitrogens with one attached hydrogen (secondary N) is 1. The molecule has 1 saturated heterocycles. The molecule has 108 valence electrons. The van der Waals surface area contributed by atoms with Crippen molar-refractivity contribution in [2.24, 2.45) is 11.8 Å². The maximum absolute atomic E-state index is 12.1. The van der Waals surface area contributed by atoms with E-state index in [0.29, 0.717) is 18.3 Å². The lowest BCUT2D eigenvalue weighted by atomic mass is 10.0. The van der Waals surface area contributed by atoms with E-state index in [1.54, 1.807) is 4.90 Å². The van der Waals surface area contributed by atoms with Gasteiger partial charge < -0.3 is 15.3 Å². The SMILES string of the molecule is CCCCC(NC(=O)N1CC2CCCC2C1)C(=O)O. The van der Waals surface area contributed by atoms with E-state index in [9.17, 15) is 9.59 Å². The molecular weight excluding hydrogens is 244 g/mol. The monoisotopic (exact) mass is 268 g/mol. The number of carboxylic acid groups (broad SMARTS) is 1. The van der Waals surface area contributed by atoms with Crippen LogP contribution >= 0.6 is 0 Å². The van der Waals surface area contributed by atoms with Crippen molar-refractivity contribution in [1.29, 1.82) is 0 Å². The van der Waals surface area contributed by atoms with Gasteiger partial charge in [-0.15, -0.1) is 0 Å². The quantitative estimate of drug-likeness (QED) is 0.802. The van der Waals surface area contributed by atoms with Crippen molar-refractivity contribution in [3.8, 4) is 0 Å². The fraction of sp³-hybridized carbons (Fsp3) is 0.857. The summed E-state index contributed by atoms with van der Waals surface area (Å²) in [4.78, 5) is 25.0. The average Bonchev–Trinajstić information content (AvgIpc) is 2.94. The molecule has 0 aromatic rings. The number of fused-ring (bicyclic) bond motifs is 1. The van der Waals surface area contributed by atoms with Crippen molar-refractivity contribution >= 4 is 12.0 Å². The summed E-state index contributed by atoms with van der Waals surface area (Å²) < 4.78 is 0. The largest absolute Gasteiger partial charge is 0.480 e. The molecule has 19 heavy (non-hydrogen) atoms. The van der Waals surface area contributed by atoms with E-state index in [1.807, 2.05) is 6.92 Å². The van der Waals surface area contributed by atoms with Gasteiger partial charge in [0, 0.05) is 13.1 Å². The van der Waals surface area contributed by atoms with Crippen LogP contribution in [0.5, 0.6) is 0 Å². The third-order valence-electron chi connectivity index (χ3n) is 4.46. The van der Waals surface area contributed by atoms with Crippen molar-refractivity contribution in [2.75, 3.05) is 13.1 Å². The molecular formula is C14H24N2O3. The summed E-state index contributed by atoms with van der Waals surface area (Å²) in [6.07, 6.45) is 5.98. The van der Waals surface area contributed by atoms with E-state index < -0.39 is 12.0 Å². The Morgan fingerprint density at radius 1 is 1.32 bits per heavy atom. The van der Waals surface area contributed by atoms with Crippen LogP contribution in [-0.4, -0.2) is 41.1 Å². The van der Waals surface area contributed by atoms with Gasteiger partial charge in [-0.3, -0.25) is 0 Å². The number of unbranched alkanes of at least 4 members (excludes halogenated alkanes) is 1. The summed E-state index contributed by atoms with van der Waals surface area (Å²) in [5, 5.41) is 11.8. The van der Waals surface area contributed by atoms with E-state index in [0.717, 1.165) is 25.9 Å². The van der Waals surface area contributed by atoms with Gasteiger partial charge in [0.05, 0.1) is 0 Å². The van der Waals surface area contributed by atoms with Gasteiger partial charge in [-0.1, -0.05) is 26.2 Å². The number of carbonyl (C=O) groups excluding carboxylic acids is 1. The van der Waals surface area contributed by atoms with Crippen LogP contribution in [0.3, 0.4) is 0 Å². The second-order valence-electron chi connectivity index (χ2n) is 5.84. The van der Waals surface area contributed by atoms with Gasteiger partial charge in [-0.2, -0.15) is 0 Å². The van der Waals surface area contributed by atoms with Crippen molar-refractivity contribution in [2.45, 2.75) is 51.5 Å². The smallest absolute Gasteiger partial charge is 0.326 e. The molecule has 2 rings (SSSR count). The van der Waals surface area contributed by atoms with Gasteiger partial charge in [-0.25, -0.2) is 9.59 Å². The minimum absolute atomic E-state index is 0.196. The van der Waals surface area contributed by atoms with Crippen LogP contribution in [0, 0.1) is 11.8 Å². The van der Waals surface area contributed by atoms with Crippen molar-refractivity contribution in [3.05, 3.63) is 0 Å². The van der Waals surface area contributed by atoms with E-state index in [2.05, 4.69) is 5.32 Å². The third-order valence-corrected chi connectivity index (χ3v) is 4.46. The van der Waals surface area contributed by atoms with Crippen LogP contribution < -0.4 is 5.32 Å². The van der Waals surface area contributed by atoms with Crippen molar-refractivity contribution < 1.29 is 14.7 Å². The number of likely N-dealkylation sites (tertiary alicyclic amines) is 1. The van der Waals surface area contributed by atoms with Crippen LogP contribution in [0.4, 0.5) is 4.79 Å². The van der Waals surface area contributed by atoms with Gasteiger partial charge in [0.15, 0.2) is 0 Å².